The van der Waals surface area contributed by atoms with Gasteiger partial charge in [0.2, 0.25) is 0 Å². The fraction of sp³-hybridized carbons (Fsp3) is 0.800. The summed E-state index contributed by atoms with van der Waals surface area (Å²) in [6.45, 7) is 12.7. The molecule has 0 spiro atoms. The maximum absolute atomic E-state index is 11.4. The van der Waals surface area contributed by atoms with Crippen molar-refractivity contribution < 1.29 is 9.53 Å². The van der Waals surface area contributed by atoms with Crippen LogP contribution >= 0.6 is 0 Å². The van der Waals surface area contributed by atoms with Gasteiger partial charge in [-0.3, -0.25) is 4.85 Å². The molecule has 1 unspecified atom stereocenters. The molecule has 3 nitrogen and oxygen atoms in total. The number of carbonyl (C=O) groups is 1. The van der Waals surface area contributed by atoms with Gasteiger partial charge in [-0.25, -0.2) is 11.4 Å². The first-order chi connectivity index (χ1) is 6.10. The van der Waals surface area contributed by atoms with Crippen molar-refractivity contribution in [1.29, 1.82) is 0 Å². The van der Waals surface area contributed by atoms with Crippen LogP contribution in [0.4, 0.5) is 0 Å². The molecule has 0 aliphatic rings. The molecule has 1 atom stereocenters. The van der Waals surface area contributed by atoms with E-state index < -0.39 is 11.5 Å². The summed E-state index contributed by atoms with van der Waals surface area (Å²) in [6.07, 6.45) is 2.47. The maximum Gasteiger partial charge on any atom is 0.392 e. The molecule has 0 heterocycles. The third-order valence-corrected chi connectivity index (χ3v) is 1.98. The molecule has 0 N–H and O–H groups in total. The molecule has 0 aromatic heterocycles. The van der Waals surface area contributed by atoms with Crippen molar-refractivity contribution in [3.8, 4) is 0 Å². The molecule has 3 heteroatoms. The zero-order chi connectivity index (χ0) is 10.3. The summed E-state index contributed by atoms with van der Waals surface area (Å²) >= 11 is 0. The van der Waals surface area contributed by atoms with Crippen molar-refractivity contribution in [2.45, 2.75) is 45.6 Å². The molecule has 0 bridgehead atoms. The van der Waals surface area contributed by atoms with E-state index in [-0.39, 0.29) is 0 Å². The number of hydrogen-bond acceptors (Lipinski definition) is 2. The number of hydrogen-bond donors (Lipinski definition) is 0. The molecule has 0 aromatic rings. The fourth-order valence-electron chi connectivity index (χ4n) is 1.01. The lowest BCUT2D eigenvalue weighted by Gasteiger charge is -2.14. The van der Waals surface area contributed by atoms with E-state index in [2.05, 4.69) is 4.85 Å². The molecule has 0 saturated heterocycles. The van der Waals surface area contributed by atoms with Crippen LogP contribution in [0.15, 0.2) is 0 Å². The summed E-state index contributed by atoms with van der Waals surface area (Å²) in [5, 5.41) is 0. The average molecular weight is 183 g/mol. The maximum atomic E-state index is 11.4. The third-order valence-electron chi connectivity index (χ3n) is 1.98. The highest BCUT2D eigenvalue weighted by Crippen LogP contribution is 2.20. The molecular formula is C10H17NO2. The lowest BCUT2D eigenvalue weighted by molar-refractivity contribution is -0.147. The lowest BCUT2D eigenvalue weighted by Crippen LogP contribution is -2.33. The molecule has 0 fully saturated rings. The van der Waals surface area contributed by atoms with Crippen LogP contribution in [-0.2, 0) is 9.53 Å². The van der Waals surface area contributed by atoms with Crippen LogP contribution in [0.25, 0.3) is 4.85 Å². The van der Waals surface area contributed by atoms with E-state index in [0.717, 1.165) is 12.8 Å². The summed E-state index contributed by atoms with van der Waals surface area (Å²) in [4.78, 5) is 14.7. The molecule has 0 aliphatic carbocycles. The molecular weight excluding hydrogens is 166 g/mol. The minimum absolute atomic E-state index is 0.343. The molecule has 0 aliphatic heterocycles. The number of nitrogens with zero attached hydrogens (tertiary/aromatic N) is 1. The average Bonchev–Trinajstić information content (AvgIpc) is 2.14. The Kier molecular flexibility index (Phi) is 5.13. The van der Waals surface area contributed by atoms with E-state index in [1.54, 1.807) is 13.8 Å². The number of unbranched alkanes of at least 4 members (excludes halogenated alkanes) is 1. The van der Waals surface area contributed by atoms with Crippen LogP contribution in [0.3, 0.4) is 0 Å². The first-order valence-electron chi connectivity index (χ1n) is 4.66. The normalized spacial score (nSPS) is 14.3. The summed E-state index contributed by atoms with van der Waals surface area (Å²) in [6, 6.07) is 0. The van der Waals surface area contributed by atoms with E-state index in [1.165, 1.54) is 0 Å². The van der Waals surface area contributed by atoms with Gasteiger partial charge in [0, 0.05) is 13.3 Å². The van der Waals surface area contributed by atoms with Crippen LogP contribution in [0.2, 0.25) is 0 Å². The predicted molar refractivity (Wildman–Crippen MR) is 51.2 cm³/mol. The van der Waals surface area contributed by atoms with Gasteiger partial charge in [0.1, 0.15) is 0 Å². The highest BCUT2D eigenvalue weighted by atomic mass is 16.5. The number of esters is 1. The number of carbonyl (C=O) groups excluding carboxylic acids is 1. The van der Waals surface area contributed by atoms with Gasteiger partial charge in [-0.2, -0.15) is 0 Å². The molecule has 74 valence electrons. The van der Waals surface area contributed by atoms with Crippen molar-refractivity contribution >= 4 is 5.97 Å². The molecule has 0 radical (unpaired) electrons. The summed E-state index contributed by atoms with van der Waals surface area (Å²) < 4.78 is 4.84. The van der Waals surface area contributed by atoms with Gasteiger partial charge < -0.3 is 4.74 Å². The van der Waals surface area contributed by atoms with E-state index in [1.807, 2.05) is 6.92 Å². The molecule has 0 amide bonds. The Morgan fingerprint density at radius 3 is 2.54 bits per heavy atom. The lowest BCUT2D eigenvalue weighted by atomic mass is 9.96. The quantitative estimate of drug-likeness (QED) is 0.484. The van der Waals surface area contributed by atoms with Crippen LogP contribution < -0.4 is 0 Å². The number of rotatable bonds is 5. The smallest absolute Gasteiger partial charge is 0.392 e. The van der Waals surface area contributed by atoms with Crippen LogP contribution in [0, 0.1) is 6.57 Å². The minimum Gasteiger partial charge on any atom is -0.460 e. The Bertz CT molecular complexity index is 207. The van der Waals surface area contributed by atoms with E-state index in [9.17, 15) is 4.79 Å². The second-order valence-electron chi connectivity index (χ2n) is 3.21. The zero-order valence-electron chi connectivity index (χ0n) is 8.59. The zero-order valence-corrected chi connectivity index (χ0v) is 8.59. The largest absolute Gasteiger partial charge is 0.460 e. The van der Waals surface area contributed by atoms with Crippen molar-refractivity contribution in [2.24, 2.45) is 0 Å². The third kappa shape index (κ3) is 3.45. The van der Waals surface area contributed by atoms with Gasteiger partial charge in [0.15, 0.2) is 0 Å². The van der Waals surface area contributed by atoms with E-state index in [4.69, 9.17) is 11.3 Å². The topological polar surface area (TPSA) is 30.7 Å². The van der Waals surface area contributed by atoms with Crippen LogP contribution in [0.1, 0.15) is 40.0 Å². The van der Waals surface area contributed by atoms with Crippen molar-refractivity contribution in [3.05, 3.63) is 11.4 Å². The Balaban J connectivity index is 4.27. The molecule has 0 saturated carbocycles. The summed E-state index contributed by atoms with van der Waals surface area (Å²) in [5.74, 6) is -0.390. The van der Waals surface area contributed by atoms with Crippen molar-refractivity contribution in [3.63, 3.8) is 0 Å². The second kappa shape index (κ2) is 5.58. The molecule has 13 heavy (non-hydrogen) atoms. The number of ether oxygens (including phenoxy) is 1. The summed E-state index contributed by atoms with van der Waals surface area (Å²) in [7, 11) is 0. The first-order valence-corrected chi connectivity index (χ1v) is 4.66. The van der Waals surface area contributed by atoms with Gasteiger partial charge in [-0.1, -0.05) is 13.3 Å². The molecule has 0 rings (SSSR count). The SMILES string of the molecule is [C-]#[N+]C(C)(CCCC)C(=O)OCC. The van der Waals surface area contributed by atoms with Gasteiger partial charge in [0.25, 0.3) is 0 Å². The van der Waals surface area contributed by atoms with Crippen LogP contribution in [-0.4, -0.2) is 18.1 Å². The van der Waals surface area contributed by atoms with E-state index in [0.29, 0.717) is 13.0 Å². The predicted octanol–water partition coefficient (Wildman–Crippen LogP) is 2.42. The Morgan fingerprint density at radius 2 is 2.15 bits per heavy atom. The van der Waals surface area contributed by atoms with Gasteiger partial charge in [0.05, 0.1) is 6.61 Å². The van der Waals surface area contributed by atoms with Gasteiger partial charge in [-0.15, -0.1) is 0 Å². The van der Waals surface area contributed by atoms with Crippen molar-refractivity contribution in [1.82, 2.24) is 0 Å². The van der Waals surface area contributed by atoms with E-state index >= 15 is 0 Å². The van der Waals surface area contributed by atoms with Crippen molar-refractivity contribution in [2.75, 3.05) is 6.61 Å². The Hall–Kier alpha value is -1.04. The summed E-state index contributed by atoms with van der Waals surface area (Å²) in [5.41, 5.74) is -0.966. The fourth-order valence-corrected chi connectivity index (χ4v) is 1.01. The van der Waals surface area contributed by atoms with Gasteiger partial charge in [-0.05, 0) is 13.3 Å². The Morgan fingerprint density at radius 1 is 1.54 bits per heavy atom. The highest BCUT2D eigenvalue weighted by molar-refractivity contribution is 5.82. The Labute approximate surface area is 79.9 Å². The monoisotopic (exact) mass is 183 g/mol. The minimum atomic E-state index is -0.966. The van der Waals surface area contributed by atoms with Gasteiger partial charge >= 0.3 is 11.5 Å². The standard InChI is InChI=1S/C10H17NO2/c1-5-7-8-10(3,11-4)9(12)13-6-2/h5-8H2,1-3H3. The first kappa shape index (κ1) is 12.0. The second-order valence-corrected chi connectivity index (χ2v) is 3.21. The molecule has 0 aromatic carbocycles. The highest BCUT2D eigenvalue weighted by Gasteiger charge is 2.40. The van der Waals surface area contributed by atoms with Crippen LogP contribution in [0.5, 0.6) is 0 Å².